The highest BCUT2D eigenvalue weighted by Gasteiger charge is 2.11. The first-order valence-electron chi connectivity index (χ1n) is 4.41. The number of rotatable bonds is 5. The van der Waals surface area contributed by atoms with Crippen LogP contribution in [0, 0.1) is 0 Å². The van der Waals surface area contributed by atoms with Crippen LogP contribution in [0.3, 0.4) is 0 Å². The highest BCUT2D eigenvalue weighted by Crippen LogP contribution is 2.12. The second-order valence-corrected chi connectivity index (χ2v) is 3.81. The van der Waals surface area contributed by atoms with Gasteiger partial charge in [-0.1, -0.05) is 0 Å². The molecule has 0 fully saturated rings. The summed E-state index contributed by atoms with van der Waals surface area (Å²) in [7, 11) is 0. The largest absolute Gasteiger partial charge is 0.321 e. The summed E-state index contributed by atoms with van der Waals surface area (Å²) < 4.78 is 1.85. The van der Waals surface area contributed by atoms with Crippen molar-refractivity contribution in [2.24, 2.45) is 5.73 Å². The van der Waals surface area contributed by atoms with Gasteiger partial charge in [0.05, 0.1) is 6.04 Å². The smallest absolute Gasteiger partial charge is 0.143 e. The zero-order valence-electron chi connectivity index (χ0n) is 8.10. The maximum Gasteiger partial charge on any atom is 0.143 e. The number of aromatic nitrogens is 3. The van der Waals surface area contributed by atoms with Crippen LogP contribution in [0.1, 0.15) is 25.2 Å². The van der Waals surface area contributed by atoms with E-state index in [2.05, 4.69) is 16.3 Å². The van der Waals surface area contributed by atoms with Crippen molar-refractivity contribution in [3.8, 4) is 0 Å². The Morgan fingerprint density at radius 1 is 1.69 bits per heavy atom. The van der Waals surface area contributed by atoms with E-state index < -0.39 is 0 Å². The van der Waals surface area contributed by atoms with Crippen LogP contribution in [0.4, 0.5) is 0 Å². The van der Waals surface area contributed by atoms with Crippen molar-refractivity contribution in [1.82, 2.24) is 14.8 Å². The van der Waals surface area contributed by atoms with Crippen molar-refractivity contribution in [1.29, 1.82) is 0 Å². The van der Waals surface area contributed by atoms with Gasteiger partial charge in [0.1, 0.15) is 12.2 Å². The molecule has 0 saturated heterocycles. The molecule has 1 atom stereocenters. The Morgan fingerprint density at radius 3 is 3.08 bits per heavy atom. The summed E-state index contributed by atoms with van der Waals surface area (Å²) in [4.78, 5) is 4.16. The first-order chi connectivity index (χ1) is 6.29. The molecule has 0 aliphatic carbocycles. The lowest BCUT2D eigenvalue weighted by Gasteiger charge is -2.10. The molecule has 0 aliphatic rings. The Bertz CT molecular complexity index is 248. The molecule has 5 heteroatoms. The fourth-order valence-corrected chi connectivity index (χ4v) is 1.67. The van der Waals surface area contributed by atoms with Crippen LogP contribution >= 0.6 is 11.8 Å². The zero-order valence-corrected chi connectivity index (χ0v) is 8.92. The van der Waals surface area contributed by atoms with Crippen molar-refractivity contribution in [3.63, 3.8) is 0 Å². The number of nitrogens with zero attached hydrogens (tertiary/aromatic N) is 3. The van der Waals surface area contributed by atoms with Gasteiger partial charge in [0, 0.05) is 6.54 Å². The molecule has 0 saturated carbocycles. The van der Waals surface area contributed by atoms with Crippen molar-refractivity contribution in [3.05, 3.63) is 12.2 Å². The molecule has 1 rings (SSSR count). The Balaban J connectivity index is 2.59. The van der Waals surface area contributed by atoms with Gasteiger partial charge in [-0.3, -0.25) is 0 Å². The summed E-state index contributed by atoms with van der Waals surface area (Å²) in [6, 6.07) is 0.0231. The third-order valence-electron chi connectivity index (χ3n) is 1.91. The van der Waals surface area contributed by atoms with E-state index in [1.54, 1.807) is 18.1 Å². The van der Waals surface area contributed by atoms with Gasteiger partial charge in [0.2, 0.25) is 0 Å². The van der Waals surface area contributed by atoms with Gasteiger partial charge in [-0.15, -0.1) is 0 Å². The van der Waals surface area contributed by atoms with E-state index >= 15 is 0 Å². The highest BCUT2D eigenvalue weighted by molar-refractivity contribution is 7.98. The number of thioether (sulfide) groups is 1. The molecule has 2 N–H and O–H groups in total. The quantitative estimate of drug-likeness (QED) is 0.772. The number of aryl methyl sites for hydroxylation is 1. The van der Waals surface area contributed by atoms with Gasteiger partial charge in [0.25, 0.3) is 0 Å². The van der Waals surface area contributed by atoms with E-state index in [1.807, 2.05) is 11.6 Å². The molecule has 1 heterocycles. The topological polar surface area (TPSA) is 56.7 Å². The van der Waals surface area contributed by atoms with Gasteiger partial charge in [0.15, 0.2) is 0 Å². The van der Waals surface area contributed by atoms with E-state index in [-0.39, 0.29) is 6.04 Å². The predicted octanol–water partition coefficient (Wildman–Crippen LogP) is 1.05. The third kappa shape index (κ3) is 2.70. The molecule has 4 nitrogen and oxygen atoms in total. The van der Waals surface area contributed by atoms with Crippen LogP contribution < -0.4 is 5.73 Å². The lowest BCUT2D eigenvalue weighted by Crippen LogP contribution is -2.17. The standard InChI is InChI=1S/C8H16N4S/c1-3-12-8(10-6-11-12)7(9)4-5-13-2/h6-7H,3-5,9H2,1-2H3. The molecular weight excluding hydrogens is 184 g/mol. The molecule has 1 aromatic rings. The minimum absolute atomic E-state index is 0.0231. The average Bonchev–Trinajstić information content (AvgIpc) is 2.61. The van der Waals surface area contributed by atoms with Crippen LogP contribution in [-0.2, 0) is 6.54 Å². The number of nitrogens with two attached hydrogens (primary N) is 1. The first kappa shape index (κ1) is 10.5. The zero-order chi connectivity index (χ0) is 9.68. The lowest BCUT2D eigenvalue weighted by atomic mass is 10.2. The molecule has 0 aromatic carbocycles. The van der Waals surface area contributed by atoms with Crippen molar-refractivity contribution >= 4 is 11.8 Å². The van der Waals surface area contributed by atoms with Crippen LogP contribution in [0.2, 0.25) is 0 Å². The van der Waals surface area contributed by atoms with Crippen LogP contribution in [-0.4, -0.2) is 26.8 Å². The molecule has 1 aromatic heterocycles. The molecule has 74 valence electrons. The van der Waals surface area contributed by atoms with E-state index in [4.69, 9.17) is 5.73 Å². The summed E-state index contributed by atoms with van der Waals surface area (Å²) in [5.41, 5.74) is 5.97. The van der Waals surface area contributed by atoms with Crippen molar-refractivity contribution in [2.75, 3.05) is 12.0 Å². The normalized spacial score (nSPS) is 13.2. The van der Waals surface area contributed by atoms with Gasteiger partial charge >= 0.3 is 0 Å². The van der Waals surface area contributed by atoms with E-state index in [0.29, 0.717) is 0 Å². The SMILES string of the molecule is CCn1ncnc1C(N)CCSC. The first-order valence-corrected chi connectivity index (χ1v) is 5.81. The monoisotopic (exact) mass is 200 g/mol. The second kappa shape index (κ2) is 5.24. The number of hydrogen-bond donors (Lipinski definition) is 1. The van der Waals surface area contributed by atoms with E-state index in [1.165, 1.54) is 0 Å². The van der Waals surface area contributed by atoms with Crippen LogP contribution in [0.25, 0.3) is 0 Å². The molecule has 0 spiro atoms. The maximum absolute atomic E-state index is 5.97. The molecule has 1 unspecified atom stereocenters. The van der Waals surface area contributed by atoms with Gasteiger partial charge < -0.3 is 5.73 Å². The fraction of sp³-hybridized carbons (Fsp3) is 0.750. The van der Waals surface area contributed by atoms with Crippen LogP contribution in [0.5, 0.6) is 0 Å². The second-order valence-electron chi connectivity index (χ2n) is 2.82. The van der Waals surface area contributed by atoms with Crippen molar-refractivity contribution in [2.45, 2.75) is 25.9 Å². The number of hydrogen-bond acceptors (Lipinski definition) is 4. The van der Waals surface area contributed by atoms with Gasteiger partial charge in [-0.05, 0) is 25.4 Å². The lowest BCUT2D eigenvalue weighted by molar-refractivity contribution is 0.552. The molecular formula is C8H16N4S. The average molecular weight is 200 g/mol. The van der Waals surface area contributed by atoms with E-state index in [9.17, 15) is 0 Å². The molecule has 0 amide bonds. The summed E-state index contributed by atoms with van der Waals surface area (Å²) in [6.07, 6.45) is 4.61. The maximum atomic E-state index is 5.97. The minimum atomic E-state index is 0.0231. The molecule has 0 radical (unpaired) electrons. The fourth-order valence-electron chi connectivity index (χ4n) is 1.18. The van der Waals surface area contributed by atoms with Crippen molar-refractivity contribution < 1.29 is 0 Å². The Morgan fingerprint density at radius 2 is 2.46 bits per heavy atom. The van der Waals surface area contributed by atoms with Crippen LogP contribution in [0.15, 0.2) is 6.33 Å². The van der Waals surface area contributed by atoms with Gasteiger partial charge in [-0.25, -0.2) is 9.67 Å². The van der Waals surface area contributed by atoms with Gasteiger partial charge in [-0.2, -0.15) is 16.9 Å². The minimum Gasteiger partial charge on any atom is -0.321 e. The Labute approximate surface area is 82.9 Å². The Hall–Kier alpha value is -0.550. The summed E-state index contributed by atoms with van der Waals surface area (Å²) in [6.45, 7) is 2.88. The molecule has 0 aliphatic heterocycles. The third-order valence-corrected chi connectivity index (χ3v) is 2.55. The summed E-state index contributed by atoms with van der Waals surface area (Å²) in [5.74, 6) is 1.97. The highest BCUT2D eigenvalue weighted by atomic mass is 32.2. The summed E-state index contributed by atoms with van der Waals surface area (Å²) >= 11 is 1.80. The molecule has 13 heavy (non-hydrogen) atoms. The summed E-state index contributed by atoms with van der Waals surface area (Å²) in [5, 5.41) is 4.08. The molecule has 0 bridgehead atoms. The Kier molecular flexibility index (Phi) is 4.24. The predicted molar refractivity (Wildman–Crippen MR) is 55.6 cm³/mol. The van der Waals surface area contributed by atoms with E-state index in [0.717, 1.165) is 24.5 Å².